The number of likely N-dealkylation sites (N-methyl/N-ethyl adjacent to an activating group) is 1. The number of anilines is 2. The van der Waals surface area contributed by atoms with Crippen molar-refractivity contribution in [1.82, 2.24) is 15.5 Å². The summed E-state index contributed by atoms with van der Waals surface area (Å²) in [6, 6.07) is 0. The summed E-state index contributed by atoms with van der Waals surface area (Å²) in [6.45, 7) is 1.84. The average molecular weight is 313 g/mol. The number of aromatic nitrogens is 2. The maximum atomic E-state index is 11.7. The van der Waals surface area contributed by atoms with E-state index in [0.29, 0.717) is 36.4 Å². The molecule has 0 unspecified atom stereocenters. The lowest BCUT2D eigenvalue weighted by molar-refractivity contribution is -0.120. The van der Waals surface area contributed by atoms with Gasteiger partial charge in [-0.3, -0.25) is 14.5 Å². The lowest BCUT2D eigenvalue weighted by Crippen LogP contribution is -2.36. The zero-order chi connectivity index (χ0) is 15.2. The quantitative estimate of drug-likeness (QED) is 0.705. The second-order valence-corrected chi connectivity index (χ2v) is 5.65. The molecule has 116 valence electrons. The van der Waals surface area contributed by atoms with E-state index < -0.39 is 0 Å². The van der Waals surface area contributed by atoms with Gasteiger partial charge in [0, 0.05) is 33.7 Å². The van der Waals surface area contributed by atoms with Crippen molar-refractivity contribution in [2.24, 2.45) is 0 Å². The van der Waals surface area contributed by atoms with Crippen LogP contribution < -0.4 is 15.1 Å². The standard InChI is InChI=1S/C12H19N5O3S/c1-16(8-9(18)13-5-7-20-2)11-14-15-12(21-11)17-6-3-4-10(17)19/h3-8H2,1-2H3,(H,13,18). The van der Waals surface area contributed by atoms with Gasteiger partial charge in [-0.05, 0) is 6.42 Å². The van der Waals surface area contributed by atoms with E-state index in [9.17, 15) is 9.59 Å². The number of nitrogens with zero attached hydrogens (tertiary/aromatic N) is 4. The van der Waals surface area contributed by atoms with Gasteiger partial charge in [-0.2, -0.15) is 0 Å². The average Bonchev–Trinajstić information content (AvgIpc) is 3.07. The first-order valence-electron chi connectivity index (χ1n) is 6.72. The highest BCUT2D eigenvalue weighted by molar-refractivity contribution is 7.19. The van der Waals surface area contributed by atoms with Gasteiger partial charge in [0.1, 0.15) is 0 Å². The van der Waals surface area contributed by atoms with E-state index in [2.05, 4.69) is 15.5 Å². The number of ether oxygens (including phenoxy) is 1. The molecule has 9 heteroatoms. The van der Waals surface area contributed by atoms with Gasteiger partial charge >= 0.3 is 0 Å². The summed E-state index contributed by atoms with van der Waals surface area (Å²) in [4.78, 5) is 26.7. The van der Waals surface area contributed by atoms with E-state index >= 15 is 0 Å². The van der Waals surface area contributed by atoms with E-state index in [1.165, 1.54) is 11.3 Å². The molecule has 0 spiro atoms. The Hall–Kier alpha value is -1.74. The maximum absolute atomic E-state index is 11.7. The summed E-state index contributed by atoms with van der Waals surface area (Å²) in [7, 11) is 3.35. The summed E-state index contributed by atoms with van der Waals surface area (Å²) in [6.07, 6.45) is 1.41. The molecule has 1 aromatic rings. The smallest absolute Gasteiger partial charge is 0.239 e. The van der Waals surface area contributed by atoms with Gasteiger partial charge in [0.2, 0.25) is 22.1 Å². The van der Waals surface area contributed by atoms with Crippen molar-refractivity contribution in [2.45, 2.75) is 12.8 Å². The van der Waals surface area contributed by atoms with Gasteiger partial charge in [0.25, 0.3) is 0 Å². The van der Waals surface area contributed by atoms with Gasteiger partial charge in [0.05, 0.1) is 13.2 Å². The van der Waals surface area contributed by atoms with Crippen LogP contribution in [0.1, 0.15) is 12.8 Å². The van der Waals surface area contributed by atoms with Crippen LogP contribution in [0.15, 0.2) is 0 Å². The molecule has 1 saturated heterocycles. The van der Waals surface area contributed by atoms with E-state index in [0.717, 1.165) is 6.42 Å². The molecule has 1 fully saturated rings. The van der Waals surface area contributed by atoms with Crippen LogP contribution in [-0.4, -0.2) is 62.4 Å². The molecule has 8 nitrogen and oxygen atoms in total. The van der Waals surface area contributed by atoms with Crippen LogP contribution >= 0.6 is 11.3 Å². The molecule has 1 N–H and O–H groups in total. The molecule has 0 atom stereocenters. The fourth-order valence-corrected chi connectivity index (χ4v) is 2.80. The fraction of sp³-hybridized carbons (Fsp3) is 0.667. The first kappa shape index (κ1) is 15.6. The third kappa shape index (κ3) is 4.11. The van der Waals surface area contributed by atoms with Gasteiger partial charge in [-0.15, -0.1) is 10.2 Å². The second kappa shape index (κ2) is 7.32. The first-order valence-corrected chi connectivity index (χ1v) is 7.54. The predicted octanol–water partition coefficient (Wildman–Crippen LogP) is -0.136. The third-order valence-corrected chi connectivity index (χ3v) is 4.10. The van der Waals surface area contributed by atoms with Crippen LogP contribution in [-0.2, 0) is 14.3 Å². The van der Waals surface area contributed by atoms with E-state index in [-0.39, 0.29) is 18.4 Å². The van der Waals surface area contributed by atoms with Crippen molar-refractivity contribution in [3.05, 3.63) is 0 Å². The molecule has 1 aliphatic heterocycles. The molecule has 2 rings (SSSR count). The van der Waals surface area contributed by atoms with Crippen molar-refractivity contribution in [1.29, 1.82) is 0 Å². The molecule has 0 aromatic carbocycles. The number of hydrogen-bond donors (Lipinski definition) is 1. The summed E-state index contributed by atoms with van der Waals surface area (Å²) in [5.74, 6) is -0.0267. The van der Waals surface area contributed by atoms with Crippen molar-refractivity contribution < 1.29 is 14.3 Å². The van der Waals surface area contributed by atoms with E-state index in [1.807, 2.05) is 0 Å². The summed E-state index contributed by atoms with van der Waals surface area (Å²) in [5, 5.41) is 12.0. The number of rotatable bonds is 7. The van der Waals surface area contributed by atoms with Crippen molar-refractivity contribution >= 4 is 33.4 Å². The Labute approximate surface area is 127 Å². The van der Waals surface area contributed by atoms with Crippen LogP contribution in [0.25, 0.3) is 0 Å². The molecule has 1 aromatic heterocycles. The molecule has 2 heterocycles. The predicted molar refractivity (Wildman–Crippen MR) is 79.7 cm³/mol. The first-order chi connectivity index (χ1) is 10.1. The van der Waals surface area contributed by atoms with Crippen LogP contribution in [0.5, 0.6) is 0 Å². The minimum atomic E-state index is -0.108. The highest BCUT2D eigenvalue weighted by Crippen LogP contribution is 2.29. The number of carbonyl (C=O) groups excluding carboxylic acids is 2. The zero-order valence-electron chi connectivity index (χ0n) is 12.2. The third-order valence-electron chi connectivity index (χ3n) is 3.04. The van der Waals surface area contributed by atoms with E-state index in [4.69, 9.17) is 4.74 Å². The SMILES string of the molecule is COCCNC(=O)CN(C)c1nnc(N2CCCC2=O)s1. The number of amides is 2. The minimum Gasteiger partial charge on any atom is -0.383 e. The fourth-order valence-electron chi connectivity index (χ4n) is 1.95. The normalized spacial score (nSPS) is 14.6. The van der Waals surface area contributed by atoms with Crippen molar-refractivity contribution in [2.75, 3.05) is 50.2 Å². The molecular weight excluding hydrogens is 294 g/mol. The molecule has 0 aliphatic carbocycles. The maximum Gasteiger partial charge on any atom is 0.239 e. The number of methoxy groups -OCH3 is 1. The van der Waals surface area contributed by atoms with Crippen molar-refractivity contribution in [3.8, 4) is 0 Å². The van der Waals surface area contributed by atoms with Crippen molar-refractivity contribution in [3.63, 3.8) is 0 Å². The Morgan fingerprint density at radius 3 is 3.00 bits per heavy atom. The molecular formula is C12H19N5O3S. The highest BCUT2D eigenvalue weighted by Gasteiger charge is 2.25. The lowest BCUT2D eigenvalue weighted by atomic mass is 10.4. The molecule has 0 saturated carbocycles. The Kier molecular flexibility index (Phi) is 5.45. The van der Waals surface area contributed by atoms with Crippen LogP contribution in [0.2, 0.25) is 0 Å². The summed E-state index contributed by atoms with van der Waals surface area (Å²) in [5.41, 5.74) is 0. The second-order valence-electron chi connectivity index (χ2n) is 4.71. The Morgan fingerprint density at radius 2 is 2.33 bits per heavy atom. The lowest BCUT2D eigenvalue weighted by Gasteiger charge is -2.14. The largest absolute Gasteiger partial charge is 0.383 e. The summed E-state index contributed by atoms with van der Waals surface area (Å²) >= 11 is 1.32. The number of hydrogen-bond acceptors (Lipinski definition) is 7. The van der Waals surface area contributed by atoms with Gasteiger partial charge < -0.3 is 15.0 Å². The molecule has 21 heavy (non-hydrogen) atoms. The Balaban J connectivity index is 1.88. The topological polar surface area (TPSA) is 87.7 Å². The Bertz CT molecular complexity index is 507. The van der Waals surface area contributed by atoms with Crippen LogP contribution in [0.4, 0.5) is 10.3 Å². The van der Waals surface area contributed by atoms with Crippen LogP contribution in [0, 0.1) is 0 Å². The molecule has 0 bridgehead atoms. The van der Waals surface area contributed by atoms with Gasteiger partial charge in [0.15, 0.2) is 0 Å². The highest BCUT2D eigenvalue weighted by atomic mass is 32.1. The van der Waals surface area contributed by atoms with Gasteiger partial charge in [-0.25, -0.2) is 0 Å². The number of nitrogens with one attached hydrogen (secondary N) is 1. The van der Waals surface area contributed by atoms with E-state index in [1.54, 1.807) is 24.0 Å². The molecule has 0 radical (unpaired) electrons. The molecule has 1 aliphatic rings. The Morgan fingerprint density at radius 1 is 1.52 bits per heavy atom. The number of carbonyl (C=O) groups is 2. The monoisotopic (exact) mass is 313 g/mol. The zero-order valence-corrected chi connectivity index (χ0v) is 13.0. The molecule has 2 amide bonds. The summed E-state index contributed by atoms with van der Waals surface area (Å²) < 4.78 is 4.87. The van der Waals surface area contributed by atoms with Crippen LogP contribution in [0.3, 0.4) is 0 Å². The minimum absolute atomic E-state index is 0.0812. The van der Waals surface area contributed by atoms with Gasteiger partial charge in [-0.1, -0.05) is 11.3 Å².